The first-order valence-electron chi connectivity index (χ1n) is 5.02. The van der Waals surface area contributed by atoms with Gasteiger partial charge in [-0.3, -0.25) is 0 Å². The Morgan fingerprint density at radius 3 is 2.65 bits per heavy atom. The summed E-state index contributed by atoms with van der Waals surface area (Å²) in [5.41, 5.74) is -0.0952. The van der Waals surface area contributed by atoms with Gasteiger partial charge in [-0.15, -0.1) is 0 Å². The molecule has 2 rings (SSSR count). The number of hydrogen-bond donors (Lipinski definition) is 0. The topological polar surface area (TPSA) is 26.0 Å². The summed E-state index contributed by atoms with van der Waals surface area (Å²) in [6.45, 7) is 1.69. The van der Waals surface area contributed by atoms with Crippen LogP contribution in [0.5, 0.6) is 0 Å². The van der Waals surface area contributed by atoms with E-state index in [2.05, 4.69) is 4.98 Å². The first-order chi connectivity index (χ1) is 7.95. The minimum atomic E-state index is -4.31. The van der Waals surface area contributed by atoms with Crippen molar-refractivity contribution in [2.75, 3.05) is 0 Å². The maximum absolute atomic E-state index is 12.5. The van der Waals surface area contributed by atoms with Gasteiger partial charge in [0.15, 0.2) is 5.89 Å². The molecule has 2 aromatic rings. The maximum Gasteiger partial charge on any atom is 0.416 e. The molecule has 0 radical (unpaired) electrons. The van der Waals surface area contributed by atoms with Crippen LogP contribution < -0.4 is 0 Å². The molecule has 0 aliphatic heterocycles. The third-order valence-corrected chi connectivity index (χ3v) is 2.30. The number of nitrogens with zero attached hydrogens (tertiary/aromatic N) is 1. The molecule has 0 amide bonds. The lowest BCUT2D eigenvalue weighted by molar-refractivity contribution is -0.137. The Hall–Kier alpha value is -1.78. The van der Waals surface area contributed by atoms with Crippen LogP contribution in [0.1, 0.15) is 22.8 Å². The van der Waals surface area contributed by atoms with E-state index in [9.17, 15) is 13.2 Å². The number of hydrogen-bond acceptors (Lipinski definition) is 2. The molecule has 0 atom stereocenters. The van der Waals surface area contributed by atoms with Crippen LogP contribution in [0.25, 0.3) is 0 Å². The van der Waals surface area contributed by atoms with Crippen molar-refractivity contribution in [1.82, 2.24) is 4.98 Å². The molecular formula is C12H10F3NO. The molecule has 0 aliphatic rings. The highest BCUT2D eigenvalue weighted by Gasteiger charge is 2.30. The average molecular weight is 241 g/mol. The van der Waals surface area contributed by atoms with Crippen molar-refractivity contribution < 1.29 is 17.6 Å². The van der Waals surface area contributed by atoms with Crippen molar-refractivity contribution in [2.24, 2.45) is 0 Å². The lowest BCUT2D eigenvalue weighted by atomic mass is 10.1. The normalized spacial score (nSPS) is 11.8. The lowest BCUT2D eigenvalue weighted by Gasteiger charge is -2.07. The fourth-order valence-electron chi connectivity index (χ4n) is 1.55. The average Bonchev–Trinajstić information content (AvgIpc) is 2.63. The van der Waals surface area contributed by atoms with E-state index in [4.69, 9.17) is 4.42 Å². The number of aryl methyl sites for hydroxylation is 1. The van der Waals surface area contributed by atoms with Crippen LogP contribution in [0.4, 0.5) is 13.2 Å². The molecular weight excluding hydrogens is 231 g/mol. The highest BCUT2D eigenvalue weighted by molar-refractivity contribution is 5.27. The van der Waals surface area contributed by atoms with Gasteiger partial charge in [-0.2, -0.15) is 13.2 Å². The van der Waals surface area contributed by atoms with Gasteiger partial charge in [0, 0.05) is 13.3 Å². The standard InChI is InChI=1S/C12H10F3NO/c1-8-16-7-11(17-8)6-9-3-2-4-10(5-9)12(13,14)15/h2-5,7H,6H2,1H3. The molecule has 0 saturated heterocycles. The van der Waals surface area contributed by atoms with E-state index in [0.717, 1.165) is 12.1 Å². The molecule has 0 spiro atoms. The third kappa shape index (κ3) is 2.87. The quantitative estimate of drug-likeness (QED) is 0.803. The molecule has 0 saturated carbocycles. The van der Waals surface area contributed by atoms with Crippen LogP contribution in [0.3, 0.4) is 0 Å². The summed E-state index contributed by atoms with van der Waals surface area (Å²) in [7, 11) is 0. The van der Waals surface area contributed by atoms with Gasteiger partial charge in [-0.1, -0.05) is 18.2 Å². The van der Waals surface area contributed by atoms with Crippen LogP contribution in [-0.2, 0) is 12.6 Å². The fourth-order valence-corrected chi connectivity index (χ4v) is 1.55. The van der Waals surface area contributed by atoms with Gasteiger partial charge in [0.25, 0.3) is 0 Å². The number of rotatable bonds is 2. The number of aromatic nitrogens is 1. The van der Waals surface area contributed by atoms with Gasteiger partial charge >= 0.3 is 6.18 Å². The predicted octanol–water partition coefficient (Wildman–Crippen LogP) is 3.59. The molecule has 0 unspecified atom stereocenters. The summed E-state index contributed by atoms with van der Waals surface area (Å²) in [6, 6.07) is 5.20. The lowest BCUT2D eigenvalue weighted by Crippen LogP contribution is -2.05. The Morgan fingerprint density at radius 1 is 1.29 bits per heavy atom. The van der Waals surface area contributed by atoms with E-state index in [-0.39, 0.29) is 0 Å². The Balaban J connectivity index is 2.22. The van der Waals surface area contributed by atoms with Crippen molar-refractivity contribution in [3.05, 3.63) is 53.2 Å². The van der Waals surface area contributed by atoms with Crippen molar-refractivity contribution in [3.8, 4) is 0 Å². The summed E-state index contributed by atoms with van der Waals surface area (Å²) in [5, 5.41) is 0. The summed E-state index contributed by atoms with van der Waals surface area (Å²) >= 11 is 0. The molecule has 0 fully saturated rings. The Kier molecular flexibility index (Phi) is 2.92. The first kappa shape index (κ1) is 11.7. The minimum absolute atomic E-state index is 0.310. The van der Waals surface area contributed by atoms with Crippen LogP contribution in [-0.4, -0.2) is 4.98 Å². The van der Waals surface area contributed by atoms with Crippen LogP contribution in [0.2, 0.25) is 0 Å². The van der Waals surface area contributed by atoms with Crippen molar-refractivity contribution in [2.45, 2.75) is 19.5 Å². The van der Waals surface area contributed by atoms with Gasteiger partial charge in [0.05, 0.1) is 11.8 Å². The van der Waals surface area contributed by atoms with E-state index >= 15 is 0 Å². The number of alkyl halides is 3. The van der Waals surface area contributed by atoms with Crippen molar-refractivity contribution in [3.63, 3.8) is 0 Å². The second-order valence-electron chi connectivity index (χ2n) is 3.72. The zero-order valence-corrected chi connectivity index (χ0v) is 9.08. The van der Waals surface area contributed by atoms with Crippen molar-refractivity contribution in [1.29, 1.82) is 0 Å². The smallest absolute Gasteiger partial charge is 0.416 e. The summed E-state index contributed by atoms with van der Waals surface area (Å²) < 4.78 is 42.6. The molecule has 0 bridgehead atoms. The summed E-state index contributed by atoms with van der Waals surface area (Å²) in [5.74, 6) is 1.06. The van der Waals surface area contributed by atoms with Crippen molar-refractivity contribution >= 4 is 0 Å². The molecule has 1 heterocycles. The van der Waals surface area contributed by atoms with Gasteiger partial charge in [-0.05, 0) is 11.6 Å². The molecule has 90 valence electrons. The molecule has 0 aliphatic carbocycles. The molecule has 0 N–H and O–H groups in total. The van der Waals surface area contributed by atoms with Gasteiger partial charge in [-0.25, -0.2) is 4.98 Å². The summed E-state index contributed by atoms with van der Waals surface area (Å²) in [4.78, 5) is 3.90. The van der Waals surface area contributed by atoms with Crippen LogP contribution in [0, 0.1) is 6.92 Å². The Labute approximate surface area is 96.1 Å². The largest absolute Gasteiger partial charge is 0.446 e. The van der Waals surface area contributed by atoms with Gasteiger partial charge in [0.1, 0.15) is 5.76 Å². The van der Waals surface area contributed by atoms with Crippen LogP contribution >= 0.6 is 0 Å². The summed E-state index contributed by atoms with van der Waals surface area (Å²) in [6.07, 6.45) is -2.48. The second-order valence-corrected chi connectivity index (χ2v) is 3.72. The first-order valence-corrected chi connectivity index (χ1v) is 5.02. The zero-order valence-electron chi connectivity index (χ0n) is 9.08. The molecule has 5 heteroatoms. The number of halogens is 3. The SMILES string of the molecule is Cc1ncc(Cc2cccc(C(F)(F)F)c2)o1. The second kappa shape index (κ2) is 4.24. The van der Waals surface area contributed by atoms with Gasteiger partial charge in [0.2, 0.25) is 0 Å². The highest BCUT2D eigenvalue weighted by atomic mass is 19.4. The molecule has 1 aromatic carbocycles. The van der Waals surface area contributed by atoms with E-state index in [0.29, 0.717) is 23.6 Å². The zero-order chi connectivity index (χ0) is 12.5. The molecule has 17 heavy (non-hydrogen) atoms. The fraction of sp³-hybridized carbons (Fsp3) is 0.250. The van der Waals surface area contributed by atoms with E-state index in [1.54, 1.807) is 13.0 Å². The minimum Gasteiger partial charge on any atom is -0.446 e. The Bertz CT molecular complexity index is 516. The predicted molar refractivity (Wildman–Crippen MR) is 55.5 cm³/mol. The Morgan fingerprint density at radius 2 is 2.06 bits per heavy atom. The molecule has 1 aromatic heterocycles. The molecule has 2 nitrogen and oxygen atoms in total. The van der Waals surface area contributed by atoms with E-state index in [1.807, 2.05) is 0 Å². The number of benzene rings is 1. The van der Waals surface area contributed by atoms with Crippen LogP contribution in [0.15, 0.2) is 34.9 Å². The maximum atomic E-state index is 12.5. The highest BCUT2D eigenvalue weighted by Crippen LogP contribution is 2.29. The van der Waals surface area contributed by atoms with E-state index < -0.39 is 11.7 Å². The van der Waals surface area contributed by atoms with Gasteiger partial charge < -0.3 is 4.42 Å². The van der Waals surface area contributed by atoms with E-state index in [1.165, 1.54) is 12.3 Å². The monoisotopic (exact) mass is 241 g/mol. The number of oxazole rings is 1. The third-order valence-electron chi connectivity index (χ3n) is 2.30.